The van der Waals surface area contributed by atoms with E-state index in [1.54, 1.807) is 17.0 Å². The number of carbonyl (C=O) groups excluding carboxylic acids is 1. The number of ether oxygens (including phenoxy) is 2. The maximum Gasteiger partial charge on any atom is 0.410 e. The fourth-order valence-corrected chi connectivity index (χ4v) is 3.90. The van der Waals surface area contributed by atoms with Crippen LogP contribution in [-0.4, -0.2) is 63.6 Å². The molecule has 2 atom stereocenters. The Morgan fingerprint density at radius 1 is 1.31 bits per heavy atom. The van der Waals surface area contributed by atoms with Crippen LogP contribution in [0.2, 0.25) is 10.0 Å². The van der Waals surface area contributed by atoms with Gasteiger partial charge in [0.2, 0.25) is 10.0 Å². The van der Waals surface area contributed by atoms with Crippen LogP contribution in [0.4, 0.5) is 4.79 Å². The molecule has 1 aromatic carbocycles. The van der Waals surface area contributed by atoms with Crippen molar-refractivity contribution in [1.29, 1.82) is 0 Å². The SMILES string of the molecule is CC(C)(C)OC(=O)N1CCOC(CCNS(C)(=O)=O)C(c2ccc(Cl)c(Cl)c2)C1. The van der Waals surface area contributed by atoms with Crippen LogP contribution in [0.25, 0.3) is 0 Å². The second kappa shape index (κ2) is 9.83. The second-order valence-electron chi connectivity index (χ2n) is 8.07. The van der Waals surface area contributed by atoms with E-state index in [4.69, 9.17) is 32.7 Å². The van der Waals surface area contributed by atoms with Gasteiger partial charge in [-0.05, 0) is 44.9 Å². The molecule has 1 aliphatic rings. The van der Waals surface area contributed by atoms with Gasteiger partial charge in [-0.1, -0.05) is 29.3 Å². The highest BCUT2D eigenvalue weighted by Crippen LogP contribution is 2.32. The van der Waals surface area contributed by atoms with Crippen molar-refractivity contribution in [2.75, 3.05) is 32.5 Å². The molecule has 164 valence electrons. The molecule has 0 aromatic heterocycles. The lowest BCUT2D eigenvalue weighted by Gasteiger charge is -2.30. The smallest absolute Gasteiger partial charge is 0.410 e. The molecule has 2 rings (SSSR count). The number of nitrogens with one attached hydrogen (secondary N) is 1. The Balaban J connectivity index is 2.25. The quantitative estimate of drug-likeness (QED) is 0.715. The molecule has 1 amide bonds. The zero-order valence-corrected chi connectivity index (χ0v) is 19.4. The first-order chi connectivity index (χ1) is 13.4. The third-order valence-electron chi connectivity index (χ3n) is 4.38. The molecular formula is C19H28Cl2N2O5S. The van der Waals surface area contributed by atoms with E-state index in [-0.39, 0.29) is 18.6 Å². The maximum absolute atomic E-state index is 12.6. The number of rotatable bonds is 5. The standard InChI is InChI=1S/C19H28Cl2N2O5S/c1-19(2,3)28-18(24)23-9-10-27-17(7-8-22-29(4,25)26)14(12-23)13-5-6-15(20)16(21)11-13/h5-6,11,14,17,22H,7-10,12H2,1-4H3. The lowest BCUT2D eigenvalue weighted by atomic mass is 9.91. The van der Waals surface area contributed by atoms with Gasteiger partial charge in [0.25, 0.3) is 0 Å². The van der Waals surface area contributed by atoms with Crippen molar-refractivity contribution in [3.63, 3.8) is 0 Å². The van der Waals surface area contributed by atoms with Crippen molar-refractivity contribution in [1.82, 2.24) is 9.62 Å². The lowest BCUT2D eigenvalue weighted by molar-refractivity contribution is 0.0229. The molecule has 0 saturated carbocycles. The number of sulfonamides is 1. The first kappa shape index (κ1) is 24.2. The molecule has 2 unspecified atom stereocenters. The molecule has 1 fully saturated rings. The summed E-state index contributed by atoms with van der Waals surface area (Å²) in [6.07, 6.45) is 0.830. The Hall–Kier alpha value is -1.06. The molecule has 0 radical (unpaired) electrons. The Labute approximate surface area is 182 Å². The Bertz CT molecular complexity index is 826. The van der Waals surface area contributed by atoms with Gasteiger partial charge in [0.1, 0.15) is 5.60 Å². The van der Waals surface area contributed by atoms with E-state index in [9.17, 15) is 13.2 Å². The van der Waals surface area contributed by atoms with Gasteiger partial charge in [0.05, 0.1) is 29.0 Å². The largest absolute Gasteiger partial charge is 0.444 e. The monoisotopic (exact) mass is 466 g/mol. The van der Waals surface area contributed by atoms with Crippen LogP contribution in [0.15, 0.2) is 18.2 Å². The Morgan fingerprint density at radius 3 is 2.59 bits per heavy atom. The van der Waals surface area contributed by atoms with Crippen LogP contribution in [0, 0.1) is 0 Å². The van der Waals surface area contributed by atoms with Crippen LogP contribution >= 0.6 is 23.2 Å². The summed E-state index contributed by atoms with van der Waals surface area (Å²) in [6.45, 7) is 6.73. The fourth-order valence-electron chi connectivity index (χ4n) is 3.10. The van der Waals surface area contributed by atoms with Crippen LogP contribution in [0.3, 0.4) is 0 Å². The molecule has 1 aromatic rings. The van der Waals surface area contributed by atoms with Crippen molar-refractivity contribution in [2.24, 2.45) is 0 Å². The van der Waals surface area contributed by atoms with Crippen LogP contribution < -0.4 is 4.72 Å². The zero-order valence-electron chi connectivity index (χ0n) is 17.1. The molecule has 1 heterocycles. The highest BCUT2D eigenvalue weighted by molar-refractivity contribution is 7.88. The second-order valence-corrected chi connectivity index (χ2v) is 10.7. The van der Waals surface area contributed by atoms with Crippen molar-refractivity contribution < 1.29 is 22.7 Å². The predicted octanol–water partition coefficient (Wildman–Crippen LogP) is 3.65. The summed E-state index contributed by atoms with van der Waals surface area (Å²) in [6, 6.07) is 5.30. The van der Waals surface area contributed by atoms with Crippen LogP contribution in [0.1, 0.15) is 38.7 Å². The number of benzene rings is 1. The molecule has 1 N–H and O–H groups in total. The maximum atomic E-state index is 12.6. The number of amides is 1. The summed E-state index contributed by atoms with van der Waals surface area (Å²) < 4.78 is 36.8. The van der Waals surface area contributed by atoms with Gasteiger partial charge >= 0.3 is 6.09 Å². The van der Waals surface area contributed by atoms with E-state index < -0.39 is 21.7 Å². The van der Waals surface area contributed by atoms with Gasteiger partial charge in [-0.2, -0.15) is 0 Å². The molecular weight excluding hydrogens is 439 g/mol. The van der Waals surface area contributed by atoms with Crippen LogP contribution in [-0.2, 0) is 19.5 Å². The summed E-state index contributed by atoms with van der Waals surface area (Å²) in [4.78, 5) is 14.2. The molecule has 10 heteroatoms. The summed E-state index contributed by atoms with van der Waals surface area (Å²) in [5, 5.41) is 0.842. The Morgan fingerprint density at radius 2 is 2.00 bits per heavy atom. The average molecular weight is 467 g/mol. The van der Waals surface area contributed by atoms with Gasteiger partial charge in [0.15, 0.2) is 0 Å². The Kier molecular flexibility index (Phi) is 8.21. The lowest BCUT2D eigenvalue weighted by Crippen LogP contribution is -2.40. The minimum absolute atomic E-state index is 0.221. The predicted molar refractivity (Wildman–Crippen MR) is 114 cm³/mol. The highest BCUT2D eigenvalue weighted by atomic mass is 35.5. The van der Waals surface area contributed by atoms with Crippen molar-refractivity contribution in [2.45, 2.75) is 44.8 Å². The van der Waals surface area contributed by atoms with Crippen LogP contribution in [0.5, 0.6) is 0 Å². The van der Waals surface area contributed by atoms with Crippen molar-refractivity contribution in [3.8, 4) is 0 Å². The minimum atomic E-state index is -3.30. The third kappa shape index (κ3) is 7.94. The van der Waals surface area contributed by atoms with E-state index in [0.717, 1.165) is 11.8 Å². The van der Waals surface area contributed by atoms with E-state index in [2.05, 4.69) is 4.72 Å². The number of halogens is 2. The zero-order chi connectivity index (χ0) is 21.8. The highest BCUT2D eigenvalue weighted by Gasteiger charge is 2.33. The normalized spacial score (nSPS) is 21.0. The van der Waals surface area contributed by atoms with Gasteiger partial charge in [0, 0.05) is 25.6 Å². The van der Waals surface area contributed by atoms with Gasteiger partial charge in [-0.3, -0.25) is 0 Å². The van der Waals surface area contributed by atoms with Crippen molar-refractivity contribution >= 4 is 39.3 Å². The molecule has 1 aliphatic heterocycles. The number of carbonyl (C=O) groups is 1. The van der Waals surface area contributed by atoms with E-state index >= 15 is 0 Å². The van der Waals surface area contributed by atoms with Gasteiger partial charge in [-0.15, -0.1) is 0 Å². The number of nitrogens with zero attached hydrogens (tertiary/aromatic N) is 1. The molecule has 29 heavy (non-hydrogen) atoms. The molecule has 0 aliphatic carbocycles. The number of hydrogen-bond donors (Lipinski definition) is 1. The summed E-state index contributed by atoms with van der Waals surface area (Å²) in [5.74, 6) is -0.221. The van der Waals surface area contributed by atoms with Crippen molar-refractivity contribution in [3.05, 3.63) is 33.8 Å². The molecule has 7 nitrogen and oxygen atoms in total. The van der Waals surface area contributed by atoms with Gasteiger partial charge in [-0.25, -0.2) is 17.9 Å². The summed E-state index contributed by atoms with van der Waals surface area (Å²) in [5.41, 5.74) is 0.251. The van der Waals surface area contributed by atoms with Gasteiger partial charge < -0.3 is 14.4 Å². The first-order valence-corrected chi connectivity index (χ1v) is 12.0. The topological polar surface area (TPSA) is 84.9 Å². The first-order valence-electron chi connectivity index (χ1n) is 9.35. The minimum Gasteiger partial charge on any atom is -0.444 e. The van der Waals surface area contributed by atoms with E-state index in [0.29, 0.717) is 36.2 Å². The summed E-state index contributed by atoms with van der Waals surface area (Å²) >= 11 is 12.3. The number of hydrogen-bond acceptors (Lipinski definition) is 5. The van der Waals surface area contributed by atoms with E-state index in [1.165, 1.54) is 0 Å². The fraction of sp³-hybridized carbons (Fsp3) is 0.632. The third-order valence-corrected chi connectivity index (χ3v) is 5.84. The molecule has 0 spiro atoms. The molecule has 0 bridgehead atoms. The summed E-state index contributed by atoms with van der Waals surface area (Å²) in [7, 11) is -3.30. The van der Waals surface area contributed by atoms with E-state index in [1.807, 2.05) is 26.8 Å². The average Bonchev–Trinajstić information content (AvgIpc) is 2.77. The molecule has 1 saturated heterocycles.